The number of phenols is 1. The summed E-state index contributed by atoms with van der Waals surface area (Å²) < 4.78 is 27.1. The average Bonchev–Trinajstić information content (AvgIpc) is 1.63. The number of allylic oxidation sites excluding steroid dienone is 6. The molecule has 3 aliphatic heterocycles. The van der Waals surface area contributed by atoms with Crippen LogP contribution in [0.4, 0.5) is 15.8 Å². The van der Waals surface area contributed by atoms with E-state index in [1.807, 2.05) is 23.9 Å². The van der Waals surface area contributed by atoms with E-state index in [-0.39, 0.29) is 42.8 Å². The number of aliphatic hydroxyl groups excluding tert-OH is 4. The smallest absolute Gasteiger partial charge is 0.352 e. The number of carbonyl (C=O) groups is 5. The summed E-state index contributed by atoms with van der Waals surface area (Å²) in [5.41, 5.74) is 4.41. The number of aromatic hydroxyl groups is 1. The van der Waals surface area contributed by atoms with E-state index < -0.39 is 93.8 Å². The molecule has 2 amide bonds. The van der Waals surface area contributed by atoms with Crippen molar-refractivity contribution in [2.45, 2.75) is 117 Å². The van der Waals surface area contributed by atoms with Crippen molar-refractivity contribution < 1.29 is 73.6 Å². The number of hydrogen-bond acceptors (Lipinski definition) is 18. The second-order valence-electron chi connectivity index (χ2n) is 24.2. The molecule has 13 atom stereocenters. The monoisotopic (exact) mass is 1260 g/mol. The van der Waals surface area contributed by atoms with Gasteiger partial charge in [-0.3, -0.25) is 24.1 Å². The van der Waals surface area contributed by atoms with Crippen LogP contribution >= 0.6 is 23.5 Å². The minimum Gasteiger partial charge on any atom is -0.508 e. The number of fused-ring (bicyclic) bond motifs is 8. The first-order valence-electron chi connectivity index (χ1n) is 29.7. The molecule has 478 valence electrons. The number of amides is 2. The summed E-state index contributed by atoms with van der Waals surface area (Å²) in [5, 5.41) is 70.5. The fourth-order valence-electron chi connectivity index (χ4n) is 13.7. The highest BCUT2D eigenvalue weighted by atomic mass is 32.2. The summed E-state index contributed by atoms with van der Waals surface area (Å²) in [7, 11) is 5.83. The zero-order chi connectivity index (χ0) is 64.9. The molecule has 4 aromatic carbocycles. The molecule has 4 aromatic rings. The molecule has 1 saturated heterocycles. The molecular formula is C67H82FN5O14S2. The van der Waals surface area contributed by atoms with E-state index in [9.17, 15) is 49.5 Å². The Labute approximate surface area is 527 Å². The molecule has 22 heteroatoms. The fourth-order valence-corrected chi connectivity index (χ4v) is 16.1. The molecule has 19 nitrogen and oxygen atoms in total. The molecule has 4 fully saturated rings. The predicted molar refractivity (Wildman–Crippen MR) is 338 cm³/mol. The summed E-state index contributed by atoms with van der Waals surface area (Å²) in [6, 6.07) is 29.1. The molecule has 0 bridgehead atoms. The van der Waals surface area contributed by atoms with Crippen molar-refractivity contribution in [2.24, 2.45) is 34.3 Å². The van der Waals surface area contributed by atoms with Gasteiger partial charge in [-0.15, -0.1) is 11.8 Å². The van der Waals surface area contributed by atoms with Crippen molar-refractivity contribution in [3.63, 3.8) is 0 Å². The number of Topliss-reactive ketones (excluding diaryl/α,β-unsaturated/α-hetero) is 1. The maximum absolute atomic E-state index is 16.9. The average molecular weight is 1260 g/mol. The Kier molecular flexibility index (Phi) is 21.5. The third-order valence-electron chi connectivity index (χ3n) is 18.8. The number of methoxy groups -OCH3 is 1. The summed E-state index contributed by atoms with van der Waals surface area (Å²) in [6.45, 7) is 9.27. The number of benzene rings is 4. The number of nitrogens with one attached hydrogen (secondary N) is 1. The number of rotatable bonds is 15. The van der Waals surface area contributed by atoms with Crippen molar-refractivity contribution in [2.75, 3.05) is 58.2 Å². The second-order valence-corrected chi connectivity index (χ2v) is 26.3. The number of aliphatic carboxylic acids is 1. The number of thioether (sulfide) groups is 1. The number of halogens is 1. The van der Waals surface area contributed by atoms with Crippen LogP contribution in [-0.2, 0) is 24.0 Å². The third kappa shape index (κ3) is 13.1. The van der Waals surface area contributed by atoms with Gasteiger partial charge in [-0.05, 0) is 144 Å². The molecule has 4 aliphatic carbocycles. The largest absolute Gasteiger partial charge is 0.508 e. The van der Waals surface area contributed by atoms with E-state index in [0.717, 1.165) is 6.54 Å². The van der Waals surface area contributed by atoms with E-state index in [2.05, 4.69) is 84.7 Å². The van der Waals surface area contributed by atoms with Crippen molar-refractivity contribution in [1.82, 2.24) is 15.1 Å². The molecule has 7 aliphatic rings. The molecule has 0 radical (unpaired) electrons. The highest BCUT2D eigenvalue weighted by Gasteiger charge is 2.75. The Morgan fingerprint density at radius 1 is 0.944 bits per heavy atom. The normalized spacial score (nSPS) is 28.8. The highest BCUT2D eigenvalue weighted by molar-refractivity contribution is 8.00. The van der Waals surface area contributed by atoms with Gasteiger partial charge in [0.1, 0.15) is 53.8 Å². The first-order valence-corrected chi connectivity index (χ1v) is 31.5. The van der Waals surface area contributed by atoms with E-state index in [0.29, 0.717) is 59.3 Å². The van der Waals surface area contributed by atoms with Gasteiger partial charge in [-0.2, -0.15) is 0 Å². The van der Waals surface area contributed by atoms with Crippen LogP contribution in [0, 0.1) is 28.6 Å². The Hall–Kier alpha value is -6.86. The number of carboxylic acid groups (broad SMARTS) is 1. The molecule has 11 rings (SSSR count). The predicted octanol–water partition coefficient (Wildman–Crippen LogP) is 7.27. The number of ketones is 2. The van der Waals surface area contributed by atoms with Crippen LogP contribution in [0.2, 0.25) is 0 Å². The number of hydrogen-bond donors (Lipinski definition) is 9. The number of likely N-dealkylation sites (N-methyl/N-ethyl adjacent to an activating group) is 1. The van der Waals surface area contributed by atoms with E-state index in [1.54, 1.807) is 65.2 Å². The zero-order valence-corrected chi connectivity index (χ0v) is 52.9. The van der Waals surface area contributed by atoms with Crippen LogP contribution in [-0.4, -0.2) is 169 Å². The van der Waals surface area contributed by atoms with E-state index in [1.165, 1.54) is 74.2 Å². The second kappa shape index (κ2) is 28.1. The Balaban J connectivity index is 0.000000158. The van der Waals surface area contributed by atoms with E-state index in [4.69, 9.17) is 25.4 Å². The number of aliphatic hydroxyl groups is 5. The number of anilines is 2. The fraction of sp³-hybridized carbons (Fsp3) is 0.448. The lowest BCUT2D eigenvalue weighted by Crippen LogP contribution is -2.71. The quantitative estimate of drug-likeness (QED) is 0.0529. The van der Waals surface area contributed by atoms with Crippen molar-refractivity contribution in [3.8, 4) is 17.2 Å². The van der Waals surface area contributed by atoms with E-state index >= 15 is 4.39 Å². The van der Waals surface area contributed by atoms with Crippen LogP contribution in [0.3, 0.4) is 0 Å². The van der Waals surface area contributed by atoms with Crippen molar-refractivity contribution in [3.05, 3.63) is 150 Å². The number of alkyl halides is 1. The Bertz CT molecular complexity index is 3360. The lowest BCUT2D eigenvalue weighted by molar-refractivity contribution is -0.219. The molecule has 10 N–H and O–H groups in total. The lowest BCUT2D eigenvalue weighted by Gasteiger charge is -2.62. The molecule has 2 unspecified atom stereocenters. The lowest BCUT2D eigenvalue weighted by atomic mass is 9.44. The van der Waals surface area contributed by atoms with Gasteiger partial charge in [0.15, 0.2) is 28.7 Å². The summed E-state index contributed by atoms with van der Waals surface area (Å²) in [5.74, 6) is -2.66. The van der Waals surface area contributed by atoms with Gasteiger partial charge >= 0.3 is 5.97 Å². The maximum atomic E-state index is 16.9. The van der Waals surface area contributed by atoms with Crippen LogP contribution in [0.5, 0.6) is 17.2 Å². The van der Waals surface area contributed by atoms with Crippen LogP contribution in [0.1, 0.15) is 71.9 Å². The molecule has 3 heterocycles. The number of carbonyl (C=O) groups excluding carboxylic acids is 4. The van der Waals surface area contributed by atoms with Gasteiger partial charge in [0.25, 0.3) is 5.91 Å². The number of nitrogens with zero attached hydrogens (tertiary/aromatic N) is 3. The van der Waals surface area contributed by atoms with Crippen molar-refractivity contribution >= 4 is 64.2 Å². The van der Waals surface area contributed by atoms with Gasteiger partial charge in [-0.25, -0.2) is 9.18 Å². The third-order valence-corrected chi connectivity index (χ3v) is 21.2. The molecule has 0 aromatic heterocycles. The molecular weight excluding hydrogens is 1180 g/mol. The highest BCUT2D eigenvalue weighted by Crippen LogP contribution is 2.70. The first-order chi connectivity index (χ1) is 42.2. The standard InChI is InChI=1S/C22H29FO5.C18H19N3O5S.C17H20N2S.C10H14O4/c1-12-8-16-15-5-4-13-9-14(25)6-7-19(13,2)21(15,23)17(26)10-20(16,3)22(12,28)18(27)11-24;1-2-3-10-8-27-17-13(16(24)21(17)14(10)18(25)26)20-15(23)12(19)9-4-6-11(22)7-5-9;1-13(18(2)3)12-19-14-8-4-6-10-16(14)20-17-11-7-5-9-15(17)19;1-13-9-4-2-3-5-10(9)14-7-8(12)6-11/h6-7,9,12,15-17,24,26,28H,4-5,8,10-11H2,1-3H3;2-7,12-13,17,22H,8,19H2,1H3,(H,20,23)(H,25,26);4-11,13H,12H2,1-3H3;2-5,8,11-12H,6-7H2,1H3/b;3-2+;;/t12-,15+,16+,17+,19+,20+,21+,22+;12-,13-,17-;;/m11../s1. The number of nitrogens with two attached hydrogens (primary N) is 1. The van der Waals surface area contributed by atoms with Gasteiger partial charge in [0, 0.05) is 44.9 Å². The van der Waals surface area contributed by atoms with Crippen LogP contribution < -0.4 is 25.4 Å². The number of para-hydroxylation sites is 4. The summed E-state index contributed by atoms with van der Waals surface area (Å²) >= 11 is 3.26. The number of β-lactam (4-membered cyclic amide) rings is 1. The van der Waals surface area contributed by atoms with Crippen LogP contribution in [0.15, 0.2) is 154 Å². The number of carboxylic acids is 1. The minimum atomic E-state index is -1.98. The molecule has 89 heavy (non-hydrogen) atoms. The first kappa shape index (κ1) is 68.1. The Morgan fingerprint density at radius 2 is 1.56 bits per heavy atom. The number of ether oxygens (including phenoxy) is 2. The van der Waals surface area contributed by atoms with Gasteiger partial charge < -0.3 is 66.1 Å². The topological polar surface area (TPSA) is 293 Å². The Morgan fingerprint density at radius 3 is 2.15 bits per heavy atom. The maximum Gasteiger partial charge on any atom is 0.352 e. The van der Waals surface area contributed by atoms with Gasteiger partial charge in [0.05, 0.1) is 31.2 Å². The molecule has 0 spiro atoms. The number of phenolic OH excluding ortho intramolecular Hbond substituents is 1. The summed E-state index contributed by atoms with van der Waals surface area (Å²) in [4.78, 5) is 69.5. The zero-order valence-electron chi connectivity index (χ0n) is 51.3. The van der Waals surface area contributed by atoms with Gasteiger partial charge in [0.2, 0.25) is 5.91 Å². The van der Waals surface area contributed by atoms with Gasteiger partial charge in [-0.1, -0.05) is 97.9 Å². The van der Waals surface area contributed by atoms with Crippen molar-refractivity contribution in [1.29, 1.82) is 0 Å². The SMILES string of the molecule is C/C=C/C1=C(C(=O)O)N2C(=O)[C@@H](NC(=O)[C@H](N)c3ccc(O)cc3)[C@H]2SC1.CC(CN1c2ccccc2Sc2ccccc21)N(C)C.COc1ccccc1OCC(O)CO.C[C@@H]1C[C@H]2[C@@H]3CCC4=CC(=O)C=C[C@]4(C)[C@@]3(F)[C@@H](O)C[C@]2(C)[C@@]1(O)C(=O)CO. The van der Waals surface area contributed by atoms with Crippen LogP contribution in [0.25, 0.3) is 0 Å². The minimum absolute atomic E-state index is 0.0461. The molecule has 3 saturated carbocycles. The summed E-state index contributed by atoms with van der Waals surface area (Å²) in [6.07, 6.45) is 6.97.